The van der Waals surface area contributed by atoms with Crippen molar-refractivity contribution in [2.75, 3.05) is 0 Å². The highest BCUT2D eigenvalue weighted by molar-refractivity contribution is 9.10. The fourth-order valence-electron chi connectivity index (χ4n) is 1.61. The van der Waals surface area contributed by atoms with Crippen LogP contribution in [0, 0.1) is 6.92 Å². The summed E-state index contributed by atoms with van der Waals surface area (Å²) in [5, 5.41) is 3.40. The number of hydrogen-bond donors (Lipinski definition) is 1. The molecule has 0 radical (unpaired) electrons. The Morgan fingerprint density at radius 3 is 2.47 bits per heavy atom. The number of nitrogens with zero attached hydrogens (tertiary/aromatic N) is 1. The summed E-state index contributed by atoms with van der Waals surface area (Å²) in [6.45, 7) is 3.82. The summed E-state index contributed by atoms with van der Waals surface area (Å²) in [5.41, 5.74) is 3.79. The summed E-state index contributed by atoms with van der Waals surface area (Å²) in [6, 6.07) is 10.7. The van der Waals surface area contributed by atoms with Crippen LogP contribution in [0.1, 0.15) is 16.7 Å². The summed E-state index contributed by atoms with van der Waals surface area (Å²) in [4.78, 5) is 4.13. The Morgan fingerprint density at radius 2 is 1.76 bits per heavy atom. The van der Waals surface area contributed by atoms with E-state index in [1.807, 2.05) is 6.20 Å². The lowest BCUT2D eigenvalue weighted by molar-refractivity contribution is 0.691. The minimum atomic E-state index is 0.834. The third kappa shape index (κ3) is 3.95. The van der Waals surface area contributed by atoms with E-state index in [9.17, 15) is 0 Å². The van der Waals surface area contributed by atoms with E-state index in [1.165, 1.54) is 16.7 Å². The van der Waals surface area contributed by atoms with Gasteiger partial charge in [0.25, 0.3) is 0 Å². The molecule has 0 bridgehead atoms. The maximum atomic E-state index is 4.13. The van der Waals surface area contributed by atoms with Crippen molar-refractivity contribution in [3.8, 4) is 0 Å². The van der Waals surface area contributed by atoms with Crippen LogP contribution < -0.4 is 5.32 Å². The van der Waals surface area contributed by atoms with E-state index in [-0.39, 0.29) is 0 Å². The van der Waals surface area contributed by atoms with Crippen LogP contribution >= 0.6 is 15.9 Å². The first-order valence-corrected chi connectivity index (χ1v) is 6.39. The lowest BCUT2D eigenvalue weighted by Crippen LogP contribution is -2.12. The SMILES string of the molecule is Cc1ccc(CNCc2cncc(Br)c2)cc1. The molecule has 0 spiro atoms. The molecule has 0 atom stereocenters. The van der Waals surface area contributed by atoms with E-state index in [1.54, 1.807) is 6.20 Å². The van der Waals surface area contributed by atoms with E-state index in [2.05, 4.69) is 63.5 Å². The average molecular weight is 291 g/mol. The van der Waals surface area contributed by atoms with Crippen LogP contribution in [0.2, 0.25) is 0 Å². The van der Waals surface area contributed by atoms with Crippen molar-refractivity contribution >= 4 is 15.9 Å². The van der Waals surface area contributed by atoms with Crippen LogP contribution in [0.15, 0.2) is 47.2 Å². The monoisotopic (exact) mass is 290 g/mol. The Hall–Kier alpha value is -1.19. The minimum absolute atomic E-state index is 0.834. The zero-order chi connectivity index (χ0) is 12.1. The highest BCUT2D eigenvalue weighted by Crippen LogP contribution is 2.09. The van der Waals surface area contributed by atoms with Gasteiger partial charge in [-0.25, -0.2) is 0 Å². The Morgan fingerprint density at radius 1 is 1.06 bits per heavy atom. The summed E-state index contributed by atoms with van der Waals surface area (Å²) in [6.07, 6.45) is 3.68. The van der Waals surface area contributed by atoms with Gasteiger partial charge in [-0.15, -0.1) is 0 Å². The van der Waals surface area contributed by atoms with Crippen molar-refractivity contribution in [3.63, 3.8) is 0 Å². The molecule has 1 aromatic carbocycles. The topological polar surface area (TPSA) is 24.9 Å². The fourth-order valence-corrected chi connectivity index (χ4v) is 2.02. The largest absolute Gasteiger partial charge is 0.309 e. The van der Waals surface area contributed by atoms with Gasteiger partial charge in [-0.05, 0) is 40.0 Å². The highest BCUT2D eigenvalue weighted by Gasteiger charge is 1.96. The molecule has 1 aromatic heterocycles. The molecule has 3 heteroatoms. The number of rotatable bonds is 4. The van der Waals surface area contributed by atoms with Gasteiger partial charge in [0.15, 0.2) is 0 Å². The Balaban J connectivity index is 1.85. The van der Waals surface area contributed by atoms with Gasteiger partial charge in [-0.1, -0.05) is 29.8 Å². The molecule has 0 saturated heterocycles. The number of pyridine rings is 1. The fraction of sp³-hybridized carbons (Fsp3) is 0.214. The molecule has 17 heavy (non-hydrogen) atoms. The summed E-state index contributed by atoms with van der Waals surface area (Å²) in [5.74, 6) is 0. The number of halogens is 1. The summed E-state index contributed by atoms with van der Waals surface area (Å²) >= 11 is 3.42. The first-order valence-electron chi connectivity index (χ1n) is 5.60. The van der Waals surface area contributed by atoms with Crippen molar-refractivity contribution in [2.45, 2.75) is 20.0 Å². The Kier molecular flexibility index (Phi) is 4.29. The first-order chi connectivity index (χ1) is 8.24. The molecule has 0 unspecified atom stereocenters. The van der Waals surface area contributed by atoms with E-state index >= 15 is 0 Å². The molecule has 0 amide bonds. The van der Waals surface area contributed by atoms with Gasteiger partial charge in [0.1, 0.15) is 0 Å². The number of benzene rings is 1. The smallest absolute Gasteiger partial charge is 0.0410 e. The van der Waals surface area contributed by atoms with Crippen molar-refractivity contribution in [1.29, 1.82) is 0 Å². The molecule has 0 fully saturated rings. The standard InChI is InChI=1S/C14H15BrN2/c1-11-2-4-12(5-3-11)7-16-8-13-6-14(15)10-17-9-13/h2-6,9-10,16H,7-8H2,1H3. The predicted molar refractivity (Wildman–Crippen MR) is 73.7 cm³/mol. The van der Waals surface area contributed by atoms with Crippen molar-refractivity contribution in [2.24, 2.45) is 0 Å². The zero-order valence-corrected chi connectivity index (χ0v) is 11.4. The molecule has 1 N–H and O–H groups in total. The van der Waals surface area contributed by atoms with Crippen LogP contribution in [-0.4, -0.2) is 4.98 Å². The second-order valence-corrected chi connectivity index (χ2v) is 5.02. The van der Waals surface area contributed by atoms with Crippen LogP contribution in [0.4, 0.5) is 0 Å². The van der Waals surface area contributed by atoms with Gasteiger partial charge in [0, 0.05) is 30.0 Å². The van der Waals surface area contributed by atoms with E-state index in [0.29, 0.717) is 0 Å². The van der Waals surface area contributed by atoms with Gasteiger partial charge >= 0.3 is 0 Å². The number of hydrogen-bond acceptors (Lipinski definition) is 2. The van der Waals surface area contributed by atoms with E-state index < -0.39 is 0 Å². The summed E-state index contributed by atoms with van der Waals surface area (Å²) in [7, 11) is 0. The Labute approximate surface area is 110 Å². The van der Waals surface area contributed by atoms with Crippen LogP contribution in [0.5, 0.6) is 0 Å². The van der Waals surface area contributed by atoms with Crippen LogP contribution in [0.3, 0.4) is 0 Å². The predicted octanol–water partition coefficient (Wildman–Crippen LogP) is 3.44. The molecule has 2 rings (SSSR count). The lowest BCUT2D eigenvalue weighted by atomic mass is 10.1. The maximum absolute atomic E-state index is 4.13. The average Bonchev–Trinajstić information content (AvgIpc) is 2.32. The normalized spacial score (nSPS) is 10.5. The Bertz CT molecular complexity index is 480. The first kappa shape index (κ1) is 12.3. The molecule has 0 aliphatic heterocycles. The molecule has 2 aromatic rings. The molecule has 0 aliphatic rings. The van der Waals surface area contributed by atoms with Crippen molar-refractivity contribution in [3.05, 3.63) is 63.9 Å². The number of aromatic nitrogens is 1. The van der Waals surface area contributed by atoms with Crippen LogP contribution in [-0.2, 0) is 13.1 Å². The quantitative estimate of drug-likeness (QED) is 0.933. The van der Waals surface area contributed by atoms with E-state index in [0.717, 1.165) is 17.6 Å². The molecule has 1 heterocycles. The second-order valence-electron chi connectivity index (χ2n) is 4.10. The van der Waals surface area contributed by atoms with Gasteiger partial charge in [-0.3, -0.25) is 4.98 Å². The molecular weight excluding hydrogens is 276 g/mol. The van der Waals surface area contributed by atoms with Gasteiger partial charge in [0.05, 0.1) is 0 Å². The molecule has 0 saturated carbocycles. The third-order valence-corrected chi connectivity index (χ3v) is 2.97. The second kappa shape index (κ2) is 5.94. The molecule has 2 nitrogen and oxygen atoms in total. The third-order valence-electron chi connectivity index (χ3n) is 2.54. The van der Waals surface area contributed by atoms with Gasteiger partial charge in [0.2, 0.25) is 0 Å². The maximum Gasteiger partial charge on any atom is 0.0410 e. The zero-order valence-electron chi connectivity index (χ0n) is 9.78. The molecule has 0 aliphatic carbocycles. The van der Waals surface area contributed by atoms with Gasteiger partial charge in [-0.2, -0.15) is 0 Å². The van der Waals surface area contributed by atoms with Crippen molar-refractivity contribution < 1.29 is 0 Å². The number of nitrogens with one attached hydrogen (secondary N) is 1. The minimum Gasteiger partial charge on any atom is -0.309 e. The van der Waals surface area contributed by atoms with Gasteiger partial charge < -0.3 is 5.32 Å². The highest BCUT2D eigenvalue weighted by atomic mass is 79.9. The summed E-state index contributed by atoms with van der Waals surface area (Å²) < 4.78 is 1.02. The molecular formula is C14H15BrN2. The molecule has 88 valence electrons. The van der Waals surface area contributed by atoms with Crippen molar-refractivity contribution in [1.82, 2.24) is 10.3 Å². The number of aryl methyl sites for hydroxylation is 1. The van der Waals surface area contributed by atoms with E-state index in [4.69, 9.17) is 0 Å². The van der Waals surface area contributed by atoms with Crippen LogP contribution in [0.25, 0.3) is 0 Å². The lowest BCUT2D eigenvalue weighted by Gasteiger charge is -2.05.